The highest BCUT2D eigenvalue weighted by Gasteiger charge is 2.14. The summed E-state index contributed by atoms with van der Waals surface area (Å²) in [6, 6.07) is 8.90. The Morgan fingerprint density at radius 3 is 2.35 bits per heavy atom. The summed E-state index contributed by atoms with van der Waals surface area (Å²) >= 11 is 9.52. The molecule has 1 unspecified atom stereocenters. The third-order valence-corrected chi connectivity index (χ3v) is 3.92. The molecule has 1 nitrogen and oxygen atoms in total. The first-order chi connectivity index (χ1) is 9.49. The van der Waals surface area contributed by atoms with Gasteiger partial charge in [-0.2, -0.15) is 0 Å². The second kappa shape index (κ2) is 6.66. The van der Waals surface area contributed by atoms with Crippen LogP contribution in [0.3, 0.4) is 0 Å². The molecule has 0 aliphatic rings. The Kier molecular flexibility index (Phi) is 5.13. The molecule has 0 saturated carbocycles. The highest BCUT2D eigenvalue weighted by atomic mass is 79.9. The molecule has 2 aromatic carbocycles. The first kappa shape index (κ1) is 15.4. The lowest BCUT2D eigenvalue weighted by Gasteiger charge is -2.18. The van der Waals surface area contributed by atoms with Crippen molar-refractivity contribution < 1.29 is 8.78 Å². The smallest absolute Gasteiger partial charge is 0.126 e. The topological polar surface area (TPSA) is 12.0 Å². The van der Waals surface area contributed by atoms with E-state index in [1.807, 2.05) is 12.1 Å². The van der Waals surface area contributed by atoms with Crippen LogP contribution in [-0.4, -0.2) is 7.05 Å². The number of halogens is 4. The van der Waals surface area contributed by atoms with Gasteiger partial charge >= 0.3 is 0 Å². The molecule has 0 fully saturated rings. The maximum Gasteiger partial charge on any atom is 0.126 e. The lowest BCUT2D eigenvalue weighted by atomic mass is 9.99. The van der Waals surface area contributed by atoms with Crippen LogP contribution in [0.25, 0.3) is 0 Å². The van der Waals surface area contributed by atoms with Gasteiger partial charge in [-0.25, -0.2) is 8.78 Å². The predicted molar refractivity (Wildman–Crippen MR) is 81.0 cm³/mol. The summed E-state index contributed by atoms with van der Waals surface area (Å²) in [5.74, 6) is -1.16. The van der Waals surface area contributed by atoms with E-state index in [-0.39, 0.29) is 6.04 Å². The van der Waals surface area contributed by atoms with Crippen LogP contribution in [0, 0.1) is 11.6 Å². The zero-order valence-electron chi connectivity index (χ0n) is 10.8. The van der Waals surface area contributed by atoms with E-state index in [0.717, 1.165) is 16.1 Å². The van der Waals surface area contributed by atoms with Gasteiger partial charge in [-0.1, -0.05) is 33.6 Å². The van der Waals surface area contributed by atoms with E-state index < -0.39 is 11.6 Å². The van der Waals surface area contributed by atoms with Crippen molar-refractivity contribution >= 4 is 27.5 Å². The quantitative estimate of drug-likeness (QED) is 0.819. The minimum Gasteiger partial charge on any atom is -0.313 e. The Hall–Kier alpha value is -0.970. The van der Waals surface area contributed by atoms with Gasteiger partial charge in [0, 0.05) is 21.6 Å². The van der Waals surface area contributed by atoms with Crippen LogP contribution in [0.1, 0.15) is 17.2 Å². The molecular formula is C15H13BrClF2N. The largest absolute Gasteiger partial charge is 0.313 e. The number of rotatable bonds is 4. The normalized spacial score (nSPS) is 12.4. The fourth-order valence-corrected chi connectivity index (χ4v) is 2.82. The Balaban J connectivity index is 2.28. The summed E-state index contributed by atoms with van der Waals surface area (Å²) in [4.78, 5) is 0. The molecule has 20 heavy (non-hydrogen) atoms. The summed E-state index contributed by atoms with van der Waals surface area (Å²) in [5.41, 5.74) is 1.47. The van der Waals surface area contributed by atoms with Crippen molar-refractivity contribution in [3.05, 3.63) is 68.7 Å². The Labute approximate surface area is 130 Å². The molecule has 2 rings (SSSR count). The molecule has 0 heterocycles. The minimum absolute atomic E-state index is 0.209. The Bertz CT molecular complexity index is 599. The van der Waals surface area contributed by atoms with Crippen molar-refractivity contribution in [2.24, 2.45) is 0 Å². The first-order valence-corrected chi connectivity index (χ1v) is 7.24. The SMILES string of the molecule is CNC(Cc1ccc(Br)cc1Cl)c1cc(F)cc(F)c1. The zero-order valence-corrected chi connectivity index (χ0v) is 13.1. The van der Waals surface area contributed by atoms with Gasteiger partial charge in [0.15, 0.2) is 0 Å². The molecule has 2 aromatic rings. The average molecular weight is 361 g/mol. The van der Waals surface area contributed by atoms with Crippen LogP contribution in [-0.2, 0) is 6.42 Å². The van der Waals surface area contributed by atoms with Crippen molar-refractivity contribution in [2.75, 3.05) is 7.05 Å². The van der Waals surface area contributed by atoms with Crippen LogP contribution in [0.2, 0.25) is 5.02 Å². The molecule has 5 heteroatoms. The lowest BCUT2D eigenvalue weighted by Crippen LogP contribution is -2.19. The van der Waals surface area contributed by atoms with E-state index in [0.29, 0.717) is 17.0 Å². The maximum atomic E-state index is 13.3. The molecule has 0 bridgehead atoms. The zero-order chi connectivity index (χ0) is 14.7. The van der Waals surface area contributed by atoms with Gasteiger partial charge in [0.25, 0.3) is 0 Å². The second-order valence-corrected chi connectivity index (χ2v) is 5.81. The second-order valence-electron chi connectivity index (χ2n) is 4.48. The van der Waals surface area contributed by atoms with Gasteiger partial charge in [-0.3, -0.25) is 0 Å². The van der Waals surface area contributed by atoms with Gasteiger partial charge in [0.05, 0.1) is 0 Å². The van der Waals surface area contributed by atoms with Crippen LogP contribution in [0.15, 0.2) is 40.9 Å². The van der Waals surface area contributed by atoms with E-state index in [9.17, 15) is 8.78 Å². The molecule has 0 aliphatic heterocycles. The van der Waals surface area contributed by atoms with Gasteiger partial charge in [-0.15, -0.1) is 0 Å². The molecule has 1 atom stereocenters. The van der Waals surface area contributed by atoms with E-state index in [2.05, 4.69) is 21.2 Å². The van der Waals surface area contributed by atoms with E-state index in [4.69, 9.17) is 11.6 Å². The molecule has 0 spiro atoms. The Morgan fingerprint density at radius 2 is 1.80 bits per heavy atom. The average Bonchev–Trinajstić information content (AvgIpc) is 2.36. The van der Waals surface area contributed by atoms with Gasteiger partial charge < -0.3 is 5.32 Å². The molecule has 0 saturated heterocycles. The van der Waals surface area contributed by atoms with Gasteiger partial charge in [-0.05, 0) is 48.9 Å². The van der Waals surface area contributed by atoms with Crippen molar-refractivity contribution in [3.63, 3.8) is 0 Å². The van der Waals surface area contributed by atoms with Gasteiger partial charge in [0.1, 0.15) is 11.6 Å². The summed E-state index contributed by atoms with van der Waals surface area (Å²) in [6.07, 6.45) is 0.547. The number of hydrogen-bond donors (Lipinski definition) is 1. The molecule has 106 valence electrons. The summed E-state index contributed by atoms with van der Waals surface area (Å²) in [7, 11) is 1.75. The van der Waals surface area contributed by atoms with Crippen LogP contribution >= 0.6 is 27.5 Å². The van der Waals surface area contributed by atoms with E-state index >= 15 is 0 Å². The molecule has 0 aliphatic carbocycles. The summed E-state index contributed by atoms with van der Waals surface area (Å²) < 4.78 is 27.5. The molecule has 1 N–H and O–H groups in total. The molecule has 0 amide bonds. The number of hydrogen-bond acceptors (Lipinski definition) is 1. The minimum atomic E-state index is -0.581. The molecule has 0 aromatic heterocycles. The summed E-state index contributed by atoms with van der Waals surface area (Å²) in [5, 5.41) is 3.68. The molecule has 0 radical (unpaired) electrons. The van der Waals surface area contributed by atoms with Crippen LogP contribution in [0.5, 0.6) is 0 Å². The fraction of sp³-hybridized carbons (Fsp3) is 0.200. The fourth-order valence-electron chi connectivity index (χ4n) is 2.07. The highest BCUT2D eigenvalue weighted by molar-refractivity contribution is 9.10. The third-order valence-electron chi connectivity index (χ3n) is 3.07. The lowest BCUT2D eigenvalue weighted by molar-refractivity contribution is 0.551. The standard InChI is InChI=1S/C15H13BrClF2N/c1-20-15(10-4-12(18)8-13(19)5-10)6-9-2-3-11(16)7-14(9)17/h2-5,7-8,15,20H,6H2,1H3. The van der Waals surface area contributed by atoms with E-state index in [1.165, 1.54) is 12.1 Å². The van der Waals surface area contributed by atoms with Crippen molar-refractivity contribution in [1.29, 1.82) is 0 Å². The Morgan fingerprint density at radius 1 is 1.15 bits per heavy atom. The number of nitrogens with one attached hydrogen (secondary N) is 1. The molecular weight excluding hydrogens is 348 g/mol. The predicted octanol–water partition coefficient (Wildman–Crippen LogP) is 4.88. The maximum absolute atomic E-state index is 13.3. The van der Waals surface area contributed by atoms with Crippen LogP contribution < -0.4 is 5.32 Å². The van der Waals surface area contributed by atoms with Crippen molar-refractivity contribution in [2.45, 2.75) is 12.5 Å². The van der Waals surface area contributed by atoms with Crippen molar-refractivity contribution in [3.8, 4) is 0 Å². The third kappa shape index (κ3) is 3.78. The highest BCUT2D eigenvalue weighted by Crippen LogP contribution is 2.27. The summed E-state index contributed by atoms with van der Waals surface area (Å²) in [6.45, 7) is 0. The van der Waals surface area contributed by atoms with E-state index in [1.54, 1.807) is 13.1 Å². The first-order valence-electron chi connectivity index (χ1n) is 6.07. The number of likely N-dealkylation sites (N-methyl/N-ethyl adjacent to an activating group) is 1. The van der Waals surface area contributed by atoms with Crippen LogP contribution in [0.4, 0.5) is 8.78 Å². The monoisotopic (exact) mass is 359 g/mol. The number of benzene rings is 2. The van der Waals surface area contributed by atoms with Gasteiger partial charge in [0.2, 0.25) is 0 Å². The van der Waals surface area contributed by atoms with Crippen molar-refractivity contribution in [1.82, 2.24) is 5.32 Å².